The number of nitrogens with two attached hydrogens (primary N) is 1. The highest BCUT2D eigenvalue weighted by Crippen LogP contribution is 2.64. The van der Waals surface area contributed by atoms with Crippen molar-refractivity contribution in [2.45, 2.75) is 29.9 Å². The molecule has 0 aliphatic heterocycles. The molecular formula is C20H22ClNO3S2. The van der Waals surface area contributed by atoms with Gasteiger partial charge in [-0.2, -0.15) is 0 Å². The normalized spacial score (nSPS) is 24.6. The van der Waals surface area contributed by atoms with Crippen LogP contribution in [0.2, 0.25) is 5.02 Å². The monoisotopic (exact) mass is 423 g/mol. The SMILES string of the molecule is CCOC[C@]1(C(N)=S)[C@@H](c2ccc(C)cc2)[C@@H]1S(=O)(=O)c1ccc(Cl)cc1. The highest BCUT2D eigenvalue weighted by atomic mass is 35.5. The van der Waals surface area contributed by atoms with Gasteiger partial charge in [-0.1, -0.05) is 53.6 Å². The lowest BCUT2D eigenvalue weighted by Gasteiger charge is -2.17. The number of hydrogen-bond acceptors (Lipinski definition) is 4. The highest BCUT2D eigenvalue weighted by molar-refractivity contribution is 7.92. The quantitative estimate of drug-likeness (QED) is 0.684. The Kier molecular flexibility index (Phi) is 5.64. The van der Waals surface area contributed by atoms with Crippen molar-refractivity contribution >= 4 is 38.6 Å². The zero-order chi connectivity index (χ0) is 19.8. The molecule has 0 heterocycles. The van der Waals surface area contributed by atoms with Crippen LogP contribution < -0.4 is 5.73 Å². The maximum absolute atomic E-state index is 13.4. The van der Waals surface area contributed by atoms with Gasteiger partial charge in [0, 0.05) is 17.5 Å². The Morgan fingerprint density at radius 3 is 2.30 bits per heavy atom. The molecule has 3 rings (SSSR count). The number of aryl methyl sites for hydroxylation is 1. The Hall–Kier alpha value is -1.47. The molecule has 1 aliphatic carbocycles. The van der Waals surface area contributed by atoms with Crippen LogP contribution in [0.1, 0.15) is 24.0 Å². The Morgan fingerprint density at radius 1 is 1.19 bits per heavy atom. The fraction of sp³-hybridized carbons (Fsp3) is 0.350. The third-order valence-electron chi connectivity index (χ3n) is 5.17. The summed E-state index contributed by atoms with van der Waals surface area (Å²) in [6.07, 6.45) is 0. The number of benzene rings is 2. The molecule has 144 valence electrons. The van der Waals surface area contributed by atoms with Crippen LogP contribution in [0.4, 0.5) is 0 Å². The van der Waals surface area contributed by atoms with Gasteiger partial charge in [-0.3, -0.25) is 0 Å². The molecule has 0 spiro atoms. The van der Waals surface area contributed by atoms with E-state index in [0.29, 0.717) is 11.6 Å². The minimum atomic E-state index is -3.68. The number of sulfone groups is 1. The fourth-order valence-electron chi connectivity index (χ4n) is 3.69. The van der Waals surface area contributed by atoms with E-state index < -0.39 is 20.5 Å². The van der Waals surface area contributed by atoms with Gasteiger partial charge >= 0.3 is 0 Å². The van der Waals surface area contributed by atoms with E-state index in [1.54, 1.807) is 12.1 Å². The van der Waals surface area contributed by atoms with Gasteiger partial charge in [0.1, 0.15) is 0 Å². The van der Waals surface area contributed by atoms with Crippen LogP contribution in [0.3, 0.4) is 0 Å². The molecule has 0 bridgehead atoms. The molecule has 2 N–H and O–H groups in total. The fourth-order valence-corrected chi connectivity index (χ4v) is 6.58. The number of hydrogen-bond donors (Lipinski definition) is 1. The van der Waals surface area contributed by atoms with Crippen LogP contribution in [0, 0.1) is 12.3 Å². The molecule has 0 unspecified atom stereocenters. The maximum atomic E-state index is 13.4. The highest BCUT2D eigenvalue weighted by Gasteiger charge is 2.73. The molecule has 0 amide bonds. The molecule has 3 atom stereocenters. The first-order valence-corrected chi connectivity index (χ1v) is 11.0. The first-order chi connectivity index (χ1) is 12.7. The van der Waals surface area contributed by atoms with Crippen LogP contribution in [0.25, 0.3) is 0 Å². The van der Waals surface area contributed by atoms with Gasteiger partial charge in [0.15, 0.2) is 9.84 Å². The minimum absolute atomic E-state index is 0.170. The zero-order valence-electron chi connectivity index (χ0n) is 15.2. The van der Waals surface area contributed by atoms with Crippen molar-refractivity contribution < 1.29 is 13.2 Å². The van der Waals surface area contributed by atoms with Gasteiger partial charge < -0.3 is 10.5 Å². The van der Waals surface area contributed by atoms with Crippen LogP contribution in [-0.4, -0.2) is 31.9 Å². The largest absolute Gasteiger partial charge is 0.393 e. The summed E-state index contributed by atoms with van der Waals surface area (Å²) in [5.74, 6) is -0.345. The van der Waals surface area contributed by atoms with E-state index in [0.717, 1.165) is 11.1 Å². The summed E-state index contributed by atoms with van der Waals surface area (Å²) < 4.78 is 32.5. The third kappa shape index (κ3) is 3.51. The molecule has 0 saturated heterocycles. The number of ether oxygens (including phenoxy) is 1. The zero-order valence-corrected chi connectivity index (χ0v) is 17.6. The Labute approximate surface area is 170 Å². The summed E-state index contributed by atoms with van der Waals surface area (Å²) >= 11 is 11.3. The van der Waals surface area contributed by atoms with Gasteiger partial charge in [-0.15, -0.1) is 0 Å². The van der Waals surface area contributed by atoms with Gasteiger partial charge in [-0.05, 0) is 43.7 Å². The van der Waals surface area contributed by atoms with E-state index in [-0.39, 0.29) is 22.4 Å². The van der Waals surface area contributed by atoms with Crippen molar-refractivity contribution in [3.63, 3.8) is 0 Å². The summed E-state index contributed by atoms with van der Waals surface area (Å²) in [7, 11) is -3.68. The number of halogens is 1. The standard InChI is InChI=1S/C20H22ClNO3S2/c1-3-25-12-20(19(22)26)17(14-6-4-13(2)5-7-14)18(20)27(23,24)16-10-8-15(21)9-11-16/h4-11,17-18H,3,12H2,1-2H3,(H2,22,26)/t17-,18-,20-/m0/s1. The smallest absolute Gasteiger partial charge is 0.182 e. The Bertz CT molecular complexity index is 942. The average Bonchev–Trinajstić information content (AvgIpc) is 3.32. The second-order valence-corrected chi connectivity index (χ2v) is 9.80. The van der Waals surface area contributed by atoms with Gasteiger partial charge in [0.05, 0.1) is 27.2 Å². The molecule has 1 fully saturated rings. The summed E-state index contributed by atoms with van der Waals surface area (Å²) in [6, 6.07) is 14.0. The maximum Gasteiger partial charge on any atom is 0.182 e. The van der Waals surface area contributed by atoms with E-state index in [9.17, 15) is 8.42 Å². The van der Waals surface area contributed by atoms with Gasteiger partial charge in [0.2, 0.25) is 0 Å². The first kappa shape index (κ1) is 20.3. The predicted molar refractivity (Wildman–Crippen MR) is 112 cm³/mol. The van der Waals surface area contributed by atoms with Crippen molar-refractivity contribution in [1.82, 2.24) is 0 Å². The first-order valence-electron chi connectivity index (χ1n) is 8.69. The molecule has 2 aromatic carbocycles. The van der Waals surface area contributed by atoms with Crippen LogP contribution >= 0.6 is 23.8 Å². The molecule has 1 saturated carbocycles. The van der Waals surface area contributed by atoms with Crippen molar-refractivity contribution in [3.05, 3.63) is 64.7 Å². The Balaban J connectivity index is 2.10. The van der Waals surface area contributed by atoms with Crippen molar-refractivity contribution in [3.8, 4) is 0 Å². The number of thiocarbonyl (C=S) groups is 1. The lowest BCUT2D eigenvalue weighted by molar-refractivity contribution is 0.121. The summed E-state index contributed by atoms with van der Waals surface area (Å²) in [5.41, 5.74) is 7.17. The second kappa shape index (κ2) is 7.51. The molecule has 0 radical (unpaired) electrons. The van der Waals surface area contributed by atoms with Crippen molar-refractivity contribution in [1.29, 1.82) is 0 Å². The molecule has 0 aromatic heterocycles. The van der Waals surface area contributed by atoms with Gasteiger partial charge in [-0.25, -0.2) is 8.42 Å². The van der Waals surface area contributed by atoms with Crippen molar-refractivity contribution in [2.24, 2.45) is 11.1 Å². The summed E-state index contributed by atoms with van der Waals surface area (Å²) in [5, 5.41) is -0.285. The lowest BCUT2D eigenvalue weighted by Crippen LogP contribution is -2.33. The van der Waals surface area contributed by atoms with E-state index in [2.05, 4.69) is 0 Å². The molecule has 7 heteroatoms. The minimum Gasteiger partial charge on any atom is -0.393 e. The van der Waals surface area contributed by atoms with E-state index >= 15 is 0 Å². The van der Waals surface area contributed by atoms with Crippen LogP contribution in [-0.2, 0) is 14.6 Å². The van der Waals surface area contributed by atoms with Crippen LogP contribution in [0.15, 0.2) is 53.4 Å². The lowest BCUT2D eigenvalue weighted by atomic mass is 9.99. The molecule has 4 nitrogen and oxygen atoms in total. The summed E-state index contributed by atoms with van der Waals surface area (Å²) in [4.78, 5) is 0.382. The third-order valence-corrected chi connectivity index (χ3v) is 8.10. The molecular weight excluding hydrogens is 402 g/mol. The topological polar surface area (TPSA) is 69.4 Å². The van der Waals surface area contributed by atoms with Crippen LogP contribution in [0.5, 0.6) is 0 Å². The van der Waals surface area contributed by atoms with Crippen molar-refractivity contribution in [2.75, 3.05) is 13.2 Å². The Morgan fingerprint density at radius 2 is 1.78 bits per heavy atom. The summed E-state index contributed by atoms with van der Waals surface area (Å²) in [6.45, 7) is 4.48. The second-order valence-electron chi connectivity index (χ2n) is 6.85. The van der Waals surface area contributed by atoms with E-state index in [4.69, 9.17) is 34.3 Å². The molecule has 1 aliphatic rings. The van der Waals surface area contributed by atoms with Gasteiger partial charge in [0.25, 0.3) is 0 Å². The number of rotatable bonds is 7. The predicted octanol–water partition coefficient (Wildman–Crippen LogP) is 3.90. The van der Waals surface area contributed by atoms with E-state index in [1.165, 1.54) is 12.1 Å². The van der Waals surface area contributed by atoms with E-state index in [1.807, 2.05) is 38.1 Å². The average molecular weight is 424 g/mol. The molecule has 2 aromatic rings. The molecule has 27 heavy (non-hydrogen) atoms.